The minimum absolute atomic E-state index is 0.0533. The van der Waals surface area contributed by atoms with E-state index in [9.17, 15) is 28.6 Å². The average Bonchev–Trinajstić information content (AvgIpc) is 2.85. The maximum absolute atomic E-state index is 13.0. The molecule has 0 heterocycles. The highest BCUT2D eigenvalue weighted by atomic mass is 32.2. The lowest BCUT2D eigenvalue weighted by molar-refractivity contribution is -0.385. The minimum atomic E-state index is -3.81. The summed E-state index contributed by atoms with van der Waals surface area (Å²) in [6, 6.07) is 22.6. The average molecular weight is 492 g/mol. The van der Waals surface area contributed by atoms with E-state index in [-0.39, 0.29) is 21.2 Å². The normalized spacial score (nSPS) is 11.0. The zero-order valence-corrected chi connectivity index (χ0v) is 18.6. The highest BCUT2D eigenvalue weighted by Gasteiger charge is 2.18. The van der Waals surface area contributed by atoms with E-state index < -0.39 is 19.7 Å². The number of non-ortho nitro benzene ring substituents is 2. The van der Waals surface area contributed by atoms with Crippen molar-refractivity contribution in [1.82, 2.24) is 0 Å². The lowest BCUT2D eigenvalue weighted by atomic mass is 10.3. The van der Waals surface area contributed by atoms with E-state index in [1.165, 1.54) is 97.1 Å². The van der Waals surface area contributed by atoms with Gasteiger partial charge < -0.3 is 9.47 Å². The number of hydrogen-bond acceptors (Lipinski definition) is 8. The van der Waals surface area contributed by atoms with E-state index in [1.807, 2.05) is 0 Å². The van der Waals surface area contributed by atoms with Gasteiger partial charge in [-0.1, -0.05) is 0 Å². The van der Waals surface area contributed by atoms with E-state index >= 15 is 0 Å². The molecule has 0 atom stereocenters. The summed E-state index contributed by atoms with van der Waals surface area (Å²) in [5, 5.41) is 21.5. The first-order valence-corrected chi connectivity index (χ1v) is 11.5. The Morgan fingerprint density at radius 3 is 1.00 bits per heavy atom. The van der Waals surface area contributed by atoms with Crippen molar-refractivity contribution in [1.29, 1.82) is 0 Å². The highest BCUT2D eigenvalue weighted by molar-refractivity contribution is 7.91. The summed E-state index contributed by atoms with van der Waals surface area (Å²) < 4.78 is 37.1. The van der Waals surface area contributed by atoms with Gasteiger partial charge in [-0.3, -0.25) is 20.2 Å². The van der Waals surface area contributed by atoms with E-state index in [4.69, 9.17) is 9.47 Å². The van der Waals surface area contributed by atoms with E-state index in [0.29, 0.717) is 23.0 Å². The number of sulfone groups is 1. The molecule has 0 aliphatic heterocycles. The SMILES string of the molecule is O=[N+]([O-])c1ccc(Oc2ccc(S(=O)(=O)c3ccc(Oc4ccc([N+](=O)[O-])cc4)cc3)cc2)cc1. The number of benzene rings is 4. The Kier molecular flexibility index (Phi) is 6.42. The van der Waals surface area contributed by atoms with Crippen molar-refractivity contribution >= 4 is 21.2 Å². The van der Waals surface area contributed by atoms with Crippen LogP contribution in [0.1, 0.15) is 0 Å². The van der Waals surface area contributed by atoms with Crippen LogP contribution in [0.2, 0.25) is 0 Å². The van der Waals surface area contributed by atoms with Crippen LogP contribution in [-0.4, -0.2) is 18.3 Å². The maximum Gasteiger partial charge on any atom is 0.269 e. The van der Waals surface area contributed by atoms with Crippen LogP contribution in [0.4, 0.5) is 11.4 Å². The van der Waals surface area contributed by atoms with Gasteiger partial charge in [0.15, 0.2) is 0 Å². The van der Waals surface area contributed by atoms with E-state index in [2.05, 4.69) is 0 Å². The molecule has 4 aromatic rings. The summed E-state index contributed by atoms with van der Waals surface area (Å²) in [7, 11) is -3.81. The van der Waals surface area contributed by atoms with Crippen LogP contribution >= 0.6 is 0 Å². The molecule has 0 aliphatic rings. The van der Waals surface area contributed by atoms with Crippen LogP contribution in [0, 0.1) is 20.2 Å². The van der Waals surface area contributed by atoms with Crippen molar-refractivity contribution in [3.8, 4) is 23.0 Å². The molecule has 0 bridgehead atoms. The molecule has 0 fully saturated rings. The van der Waals surface area contributed by atoms with Crippen molar-refractivity contribution in [3.63, 3.8) is 0 Å². The second kappa shape index (κ2) is 9.61. The molecular weight excluding hydrogens is 476 g/mol. The Hall–Kier alpha value is -4.77. The van der Waals surface area contributed by atoms with Gasteiger partial charge >= 0.3 is 0 Å². The van der Waals surface area contributed by atoms with Crippen molar-refractivity contribution < 1.29 is 27.7 Å². The molecule has 4 aromatic carbocycles. The summed E-state index contributed by atoms with van der Waals surface area (Å²) in [4.78, 5) is 20.5. The molecule has 0 amide bonds. The van der Waals surface area contributed by atoms with Crippen molar-refractivity contribution in [2.24, 2.45) is 0 Å². The number of hydrogen-bond donors (Lipinski definition) is 0. The minimum Gasteiger partial charge on any atom is -0.457 e. The zero-order valence-electron chi connectivity index (χ0n) is 17.8. The van der Waals surface area contributed by atoms with Gasteiger partial charge in [0.1, 0.15) is 23.0 Å². The van der Waals surface area contributed by atoms with Gasteiger partial charge in [0.25, 0.3) is 11.4 Å². The second-order valence-electron chi connectivity index (χ2n) is 7.15. The predicted octanol–water partition coefficient (Wildman–Crippen LogP) is 5.92. The molecule has 10 nitrogen and oxygen atoms in total. The van der Waals surface area contributed by atoms with Gasteiger partial charge in [0.05, 0.1) is 19.6 Å². The Bertz CT molecular complexity index is 1360. The van der Waals surface area contributed by atoms with Crippen LogP contribution < -0.4 is 9.47 Å². The van der Waals surface area contributed by atoms with Gasteiger partial charge in [-0.05, 0) is 72.8 Å². The fourth-order valence-corrected chi connectivity index (χ4v) is 4.31. The lowest BCUT2D eigenvalue weighted by Crippen LogP contribution is -2.01. The first kappa shape index (κ1) is 23.4. The number of nitro groups is 2. The molecule has 0 unspecified atom stereocenters. The van der Waals surface area contributed by atoms with Gasteiger partial charge in [0, 0.05) is 24.3 Å². The Morgan fingerprint density at radius 2 is 0.743 bits per heavy atom. The molecule has 0 aromatic heterocycles. The molecule has 0 radical (unpaired) electrons. The van der Waals surface area contributed by atoms with Gasteiger partial charge in [-0.15, -0.1) is 0 Å². The number of nitro benzene ring substituents is 2. The maximum atomic E-state index is 13.0. The zero-order chi connectivity index (χ0) is 25.0. The molecule has 0 N–H and O–H groups in total. The Labute approximate surface area is 199 Å². The molecule has 0 aliphatic carbocycles. The highest BCUT2D eigenvalue weighted by Crippen LogP contribution is 2.29. The topological polar surface area (TPSA) is 139 Å². The Balaban J connectivity index is 1.44. The van der Waals surface area contributed by atoms with Crippen molar-refractivity contribution in [2.75, 3.05) is 0 Å². The summed E-state index contributed by atoms with van der Waals surface area (Å²) >= 11 is 0. The number of ether oxygens (including phenoxy) is 2. The third-order valence-corrected chi connectivity index (χ3v) is 6.62. The third-order valence-electron chi connectivity index (χ3n) is 4.83. The smallest absolute Gasteiger partial charge is 0.269 e. The third kappa shape index (κ3) is 5.42. The molecule has 11 heteroatoms. The summed E-state index contributed by atoms with van der Waals surface area (Å²) in [5.74, 6) is 1.47. The predicted molar refractivity (Wildman–Crippen MR) is 125 cm³/mol. The van der Waals surface area contributed by atoms with E-state index in [1.54, 1.807) is 0 Å². The van der Waals surface area contributed by atoms with Gasteiger partial charge in [-0.25, -0.2) is 8.42 Å². The molecule has 35 heavy (non-hydrogen) atoms. The van der Waals surface area contributed by atoms with Crippen LogP contribution in [0.3, 0.4) is 0 Å². The van der Waals surface area contributed by atoms with Crippen LogP contribution in [0.25, 0.3) is 0 Å². The first-order valence-electron chi connectivity index (χ1n) is 10.0. The number of nitrogens with zero attached hydrogens (tertiary/aromatic N) is 2. The monoisotopic (exact) mass is 492 g/mol. The molecule has 0 saturated heterocycles. The molecule has 0 saturated carbocycles. The van der Waals surface area contributed by atoms with Crippen molar-refractivity contribution in [2.45, 2.75) is 9.79 Å². The fraction of sp³-hybridized carbons (Fsp3) is 0. The molecular formula is C24H16N2O8S. The van der Waals surface area contributed by atoms with Gasteiger partial charge in [-0.2, -0.15) is 0 Å². The van der Waals surface area contributed by atoms with Gasteiger partial charge in [0.2, 0.25) is 9.84 Å². The summed E-state index contributed by atoms with van der Waals surface area (Å²) in [6.45, 7) is 0. The molecule has 0 spiro atoms. The fourth-order valence-electron chi connectivity index (χ4n) is 3.05. The summed E-state index contributed by atoms with van der Waals surface area (Å²) in [6.07, 6.45) is 0. The molecule has 176 valence electrons. The first-order chi connectivity index (χ1) is 16.7. The second-order valence-corrected chi connectivity index (χ2v) is 9.10. The standard InChI is InChI=1S/C24H16N2O8S/c27-25(28)17-1-5-19(6-2-17)33-21-9-13-23(14-10-21)35(31,32)24-15-11-22(12-16-24)34-20-7-3-18(4-8-20)26(29)30/h1-16H. The van der Waals surface area contributed by atoms with Crippen LogP contribution in [0.15, 0.2) is 107 Å². The lowest BCUT2D eigenvalue weighted by Gasteiger charge is -2.09. The van der Waals surface area contributed by atoms with E-state index in [0.717, 1.165) is 0 Å². The van der Waals surface area contributed by atoms with Crippen LogP contribution in [-0.2, 0) is 9.84 Å². The number of rotatable bonds is 8. The quantitative estimate of drug-likeness (QED) is 0.218. The van der Waals surface area contributed by atoms with Crippen molar-refractivity contribution in [3.05, 3.63) is 117 Å². The largest absolute Gasteiger partial charge is 0.457 e. The summed E-state index contributed by atoms with van der Waals surface area (Å²) in [5.41, 5.74) is -0.133. The Morgan fingerprint density at radius 1 is 0.486 bits per heavy atom. The molecule has 4 rings (SSSR count). The van der Waals surface area contributed by atoms with Crippen LogP contribution in [0.5, 0.6) is 23.0 Å².